The molecule has 2 aromatic carbocycles. The fourth-order valence-corrected chi connectivity index (χ4v) is 10.3. The van der Waals surface area contributed by atoms with Crippen molar-refractivity contribution in [2.45, 2.75) is 82.2 Å². The van der Waals surface area contributed by atoms with Crippen molar-refractivity contribution in [2.75, 3.05) is 64.7 Å². The van der Waals surface area contributed by atoms with Crippen molar-refractivity contribution in [3.05, 3.63) is 97.4 Å². The second kappa shape index (κ2) is 23.3. The maximum atomic E-state index is 12.9. The van der Waals surface area contributed by atoms with Gasteiger partial charge in [-0.1, -0.05) is 32.4 Å². The molecule has 3 N–H and O–H groups in total. The molecule has 2 aromatic heterocycles. The lowest BCUT2D eigenvalue weighted by molar-refractivity contribution is -0.385. The fourth-order valence-electron chi connectivity index (χ4n) is 7.05. The quantitative estimate of drug-likeness (QED) is 0.0974. The number of ether oxygens (including phenoxy) is 4. The molecule has 6 heterocycles. The molecule has 4 aliphatic heterocycles. The molecule has 360 valence electrons. The molecule has 4 aromatic rings. The standard InChI is InChI=1S/C18H20N4O6S.C12H16N2O4S.C6H5ClN2O2.C6H15N/c1-12-2-4-15(22(23)24)18(19-12)20-13-6-8-21(9-7-13)29(25,26)14-3-5-16-17(10-14)28-11-27-16;13-9-3-5-14(6-4-9)19(15,16)10-1-2-11-12(7-10)18-8-17-11;1-4-2-3-5(9(10)11)6(7)8-4;1-4-7(5-2)6-3/h2-5,10,13H,6-9,11H2,1H3,(H,19,20);1-2,7,9H,3-6,8,13H2;2-3H,1H3;4-6H2,1-3H3. The van der Waals surface area contributed by atoms with Crippen molar-refractivity contribution in [3.63, 3.8) is 0 Å². The van der Waals surface area contributed by atoms with Gasteiger partial charge in [0.1, 0.15) is 0 Å². The van der Waals surface area contributed by atoms with Crippen molar-refractivity contribution in [1.29, 1.82) is 0 Å². The van der Waals surface area contributed by atoms with Crippen LogP contribution < -0.4 is 30.0 Å². The number of aromatic nitrogens is 2. The highest BCUT2D eigenvalue weighted by molar-refractivity contribution is 7.89. The van der Waals surface area contributed by atoms with Crippen LogP contribution in [0.2, 0.25) is 5.15 Å². The summed E-state index contributed by atoms with van der Waals surface area (Å²) in [6, 6.07) is 15.2. The molecular formula is C42H56ClN9O12S2. The van der Waals surface area contributed by atoms with Crippen molar-refractivity contribution in [3.8, 4) is 23.0 Å². The van der Waals surface area contributed by atoms with E-state index in [2.05, 4.69) is 41.0 Å². The molecule has 0 spiro atoms. The van der Waals surface area contributed by atoms with Gasteiger partial charge in [0.15, 0.2) is 23.0 Å². The van der Waals surface area contributed by atoms with Crippen LogP contribution in [0.15, 0.2) is 70.5 Å². The Balaban J connectivity index is 0.000000188. The van der Waals surface area contributed by atoms with E-state index < -0.39 is 29.9 Å². The summed E-state index contributed by atoms with van der Waals surface area (Å²) < 4.78 is 74.6. The Morgan fingerprint density at radius 2 is 1.11 bits per heavy atom. The normalized spacial score (nSPS) is 16.2. The second-order valence-corrected chi connectivity index (χ2v) is 19.5. The van der Waals surface area contributed by atoms with Crippen molar-refractivity contribution >= 4 is 48.8 Å². The predicted molar refractivity (Wildman–Crippen MR) is 246 cm³/mol. The molecule has 66 heavy (non-hydrogen) atoms. The summed E-state index contributed by atoms with van der Waals surface area (Å²) in [6.07, 6.45) is 2.42. The van der Waals surface area contributed by atoms with Crippen LogP contribution in [-0.2, 0) is 20.0 Å². The number of sulfonamides is 2. The van der Waals surface area contributed by atoms with Crippen molar-refractivity contribution in [1.82, 2.24) is 23.5 Å². The minimum Gasteiger partial charge on any atom is -0.454 e. The van der Waals surface area contributed by atoms with E-state index in [1.165, 1.54) is 58.6 Å². The van der Waals surface area contributed by atoms with Gasteiger partial charge in [-0.25, -0.2) is 26.8 Å². The number of fused-ring (bicyclic) bond motifs is 2. The van der Waals surface area contributed by atoms with E-state index >= 15 is 0 Å². The molecule has 2 fully saturated rings. The third-order valence-corrected chi connectivity index (χ3v) is 15.0. The Bertz CT molecular complexity index is 2530. The zero-order valence-electron chi connectivity index (χ0n) is 37.4. The number of nitro groups is 2. The number of rotatable bonds is 11. The molecule has 0 saturated carbocycles. The SMILES string of the molecule is CCN(CC)CC.Cc1ccc([N+](=O)[O-])c(Cl)n1.Cc1ccc([N+](=O)[O-])c(NC2CCN(S(=O)(=O)c3ccc4c(c3)OCO4)CC2)n1.NC1CCN(S(=O)(=O)c2ccc3c(c2)OCO3)CC1. The third-order valence-electron chi connectivity index (χ3n) is 11.0. The number of benzene rings is 2. The fraction of sp³-hybridized carbons (Fsp3) is 0.476. The number of hydrogen-bond donors (Lipinski definition) is 2. The zero-order chi connectivity index (χ0) is 48.2. The molecule has 0 aliphatic carbocycles. The minimum absolute atomic E-state index is 0.0602. The summed E-state index contributed by atoms with van der Waals surface area (Å²) in [7, 11) is -7.13. The summed E-state index contributed by atoms with van der Waals surface area (Å²) >= 11 is 5.47. The molecule has 24 heteroatoms. The Morgan fingerprint density at radius 1 is 0.682 bits per heavy atom. The van der Waals surface area contributed by atoms with Gasteiger partial charge in [0, 0.05) is 73.9 Å². The van der Waals surface area contributed by atoms with Crippen LogP contribution in [0, 0.1) is 34.1 Å². The van der Waals surface area contributed by atoms with Crippen LogP contribution in [0.4, 0.5) is 17.2 Å². The molecule has 0 atom stereocenters. The van der Waals surface area contributed by atoms with Gasteiger partial charge in [0.2, 0.25) is 44.6 Å². The number of nitrogens with two attached hydrogens (primary N) is 1. The Morgan fingerprint density at radius 3 is 1.53 bits per heavy atom. The van der Waals surface area contributed by atoms with Gasteiger partial charge in [-0.3, -0.25) is 20.2 Å². The lowest BCUT2D eigenvalue weighted by Gasteiger charge is -2.31. The van der Waals surface area contributed by atoms with Crippen LogP contribution in [0.25, 0.3) is 0 Å². The summed E-state index contributed by atoms with van der Waals surface area (Å²) in [5.41, 5.74) is 6.88. The summed E-state index contributed by atoms with van der Waals surface area (Å²) in [5.74, 6) is 2.22. The molecule has 0 bridgehead atoms. The first kappa shape index (κ1) is 51.6. The Kier molecular flexibility index (Phi) is 18.2. The average molecular weight is 979 g/mol. The van der Waals surface area contributed by atoms with E-state index in [0.717, 1.165) is 0 Å². The highest BCUT2D eigenvalue weighted by Crippen LogP contribution is 2.37. The van der Waals surface area contributed by atoms with Gasteiger partial charge >= 0.3 is 11.4 Å². The molecule has 0 unspecified atom stereocenters. The highest BCUT2D eigenvalue weighted by atomic mass is 35.5. The molecule has 21 nitrogen and oxygen atoms in total. The number of aryl methyl sites for hydroxylation is 2. The summed E-state index contributed by atoms with van der Waals surface area (Å²) in [4.78, 5) is 31.1. The number of halogens is 1. The first-order chi connectivity index (χ1) is 31.4. The minimum atomic E-state index is -3.66. The van der Waals surface area contributed by atoms with Crippen LogP contribution in [0.5, 0.6) is 23.0 Å². The lowest BCUT2D eigenvalue weighted by atomic mass is 10.1. The van der Waals surface area contributed by atoms with Crippen LogP contribution >= 0.6 is 11.6 Å². The molecule has 4 aliphatic rings. The number of anilines is 1. The zero-order valence-corrected chi connectivity index (χ0v) is 39.8. The largest absolute Gasteiger partial charge is 0.454 e. The summed E-state index contributed by atoms with van der Waals surface area (Å²) in [6.45, 7) is 15.4. The smallest absolute Gasteiger partial charge is 0.311 e. The lowest BCUT2D eigenvalue weighted by Crippen LogP contribution is -2.42. The van der Waals surface area contributed by atoms with Gasteiger partial charge < -0.3 is 34.9 Å². The van der Waals surface area contributed by atoms with Crippen molar-refractivity contribution < 1.29 is 45.6 Å². The van der Waals surface area contributed by atoms with E-state index in [1.54, 1.807) is 44.2 Å². The molecular weight excluding hydrogens is 922 g/mol. The van der Waals surface area contributed by atoms with Gasteiger partial charge in [0.05, 0.1) is 19.6 Å². The van der Waals surface area contributed by atoms with E-state index in [0.29, 0.717) is 86.2 Å². The number of nitrogens with one attached hydrogen (secondary N) is 1. The van der Waals surface area contributed by atoms with Crippen LogP contribution in [-0.4, -0.2) is 122 Å². The third kappa shape index (κ3) is 13.4. The maximum absolute atomic E-state index is 12.9. The van der Waals surface area contributed by atoms with E-state index in [1.807, 2.05) is 0 Å². The molecule has 8 rings (SSSR count). The molecule has 0 amide bonds. The first-order valence-corrected chi connectivity index (χ1v) is 24.6. The van der Waals surface area contributed by atoms with Gasteiger partial charge in [-0.15, -0.1) is 0 Å². The summed E-state index contributed by atoms with van der Waals surface area (Å²) in [5, 5.41) is 24.5. The number of nitrogens with zero attached hydrogens (tertiary/aromatic N) is 7. The van der Waals surface area contributed by atoms with Crippen molar-refractivity contribution in [2.24, 2.45) is 5.73 Å². The Hall–Kier alpha value is -5.43. The van der Waals surface area contributed by atoms with Gasteiger partial charge in [-0.2, -0.15) is 8.61 Å². The second-order valence-electron chi connectivity index (χ2n) is 15.3. The first-order valence-electron chi connectivity index (χ1n) is 21.3. The topological polar surface area (TPSA) is 265 Å². The predicted octanol–water partition coefficient (Wildman–Crippen LogP) is 6.12. The molecule has 0 radical (unpaired) electrons. The molecule has 2 saturated heterocycles. The van der Waals surface area contributed by atoms with Crippen LogP contribution in [0.1, 0.15) is 57.8 Å². The van der Waals surface area contributed by atoms with Crippen LogP contribution in [0.3, 0.4) is 0 Å². The average Bonchev–Trinajstić information content (AvgIpc) is 3.97. The monoisotopic (exact) mass is 977 g/mol. The number of piperidine rings is 2. The van der Waals surface area contributed by atoms with E-state index in [-0.39, 0.29) is 57.8 Å². The Labute approximate surface area is 389 Å². The highest BCUT2D eigenvalue weighted by Gasteiger charge is 2.32. The van der Waals surface area contributed by atoms with E-state index in [9.17, 15) is 37.1 Å². The van der Waals surface area contributed by atoms with E-state index in [4.69, 9.17) is 36.3 Å². The number of hydrogen-bond acceptors (Lipinski definition) is 17. The maximum Gasteiger partial charge on any atom is 0.311 e. The number of pyridine rings is 2. The van der Waals surface area contributed by atoms with Gasteiger partial charge in [0.25, 0.3) is 0 Å². The van der Waals surface area contributed by atoms with Gasteiger partial charge in [-0.05, 0) is 95.6 Å².